The van der Waals surface area contributed by atoms with E-state index in [1.165, 1.54) is 23.1 Å². The Bertz CT molecular complexity index is 1430. The second-order valence-corrected chi connectivity index (χ2v) is 10.3. The number of ether oxygens (including phenoxy) is 1. The molecule has 4 aromatic rings. The zero-order chi connectivity index (χ0) is 24.5. The summed E-state index contributed by atoms with van der Waals surface area (Å²) in [6.45, 7) is 6.49. The zero-order valence-electron chi connectivity index (χ0n) is 19.8. The minimum Gasteiger partial charge on any atom is -0.462 e. The fraction of sp³-hybridized carbons (Fsp3) is 0.375. The lowest BCUT2D eigenvalue weighted by molar-refractivity contribution is -0.113. The first-order valence-electron chi connectivity index (χ1n) is 11.5. The summed E-state index contributed by atoms with van der Waals surface area (Å²) in [5.74, 6) is -0.514. The molecule has 182 valence electrons. The number of fused-ring (bicyclic) bond motifs is 4. The summed E-state index contributed by atoms with van der Waals surface area (Å²) in [4.78, 5) is 33.5. The molecule has 1 aliphatic heterocycles. The first kappa shape index (κ1) is 23.7. The highest BCUT2D eigenvalue weighted by Crippen LogP contribution is 2.37. The van der Waals surface area contributed by atoms with E-state index in [1.807, 2.05) is 31.3 Å². The second kappa shape index (κ2) is 9.92. The van der Waals surface area contributed by atoms with Crippen molar-refractivity contribution in [1.82, 2.24) is 24.6 Å². The third kappa shape index (κ3) is 4.51. The lowest BCUT2D eigenvalue weighted by Crippen LogP contribution is -2.26. The lowest BCUT2D eigenvalue weighted by Gasteiger charge is -2.22. The van der Waals surface area contributed by atoms with Crippen LogP contribution in [0.1, 0.15) is 34.6 Å². The Morgan fingerprint density at radius 2 is 2.06 bits per heavy atom. The van der Waals surface area contributed by atoms with Crippen molar-refractivity contribution in [3.8, 4) is 0 Å². The van der Waals surface area contributed by atoms with Crippen molar-refractivity contribution in [2.24, 2.45) is 0 Å². The van der Waals surface area contributed by atoms with Gasteiger partial charge >= 0.3 is 5.97 Å². The van der Waals surface area contributed by atoms with E-state index in [4.69, 9.17) is 4.74 Å². The second-order valence-electron chi connectivity index (χ2n) is 8.28. The Hall–Kier alpha value is -3.02. The normalized spacial score (nSPS) is 13.8. The largest absolute Gasteiger partial charge is 0.462 e. The van der Waals surface area contributed by atoms with Gasteiger partial charge in [-0.2, -0.15) is 0 Å². The molecule has 35 heavy (non-hydrogen) atoms. The molecule has 1 amide bonds. The SMILES string of the molecule is CCOC(=O)c1c(NC(=O)CSc2nnc3c4ccccc4n(CC)c3n2)sc2c1CCN(C)C2. The molecule has 0 spiro atoms. The number of aryl methyl sites for hydroxylation is 1. The van der Waals surface area contributed by atoms with Crippen LogP contribution in [0.3, 0.4) is 0 Å². The number of esters is 1. The molecule has 0 atom stereocenters. The van der Waals surface area contributed by atoms with Gasteiger partial charge in [0.1, 0.15) is 10.5 Å². The zero-order valence-corrected chi connectivity index (χ0v) is 21.5. The number of para-hydroxylation sites is 1. The summed E-state index contributed by atoms with van der Waals surface area (Å²) in [5, 5.41) is 13.6. The van der Waals surface area contributed by atoms with Gasteiger partial charge in [0.2, 0.25) is 11.1 Å². The third-order valence-corrected chi connectivity index (χ3v) is 7.95. The number of benzene rings is 1. The molecular weight excluding hydrogens is 484 g/mol. The number of nitrogens with zero attached hydrogens (tertiary/aromatic N) is 5. The maximum atomic E-state index is 12.9. The van der Waals surface area contributed by atoms with E-state index in [-0.39, 0.29) is 24.2 Å². The van der Waals surface area contributed by atoms with Crippen LogP contribution in [0, 0.1) is 0 Å². The predicted molar refractivity (Wildman–Crippen MR) is 138 cm³/mol. The number of aromatic nitrogens is 4. The third-order valence-electron chi connectivity index (χ3n) is 5.98. The summed E-state index contributed by atoms with van der Waals surface area (Å²) >= 11 is 2.67. The fourth-order valence-electron chi connectivity index (χ4n) is 4.40. The number of amides is 1. The van der Waals surface area contributed by atoms with Gasteiger partial charge in [0.15, 0.2) is 5.65 Å². The monoisotopic (exact) mass is 510 g/mol. The number of carbonyl (C=O) groups excluding carboxylic acids is 2. The molecule has 0 unspecified atom stereocenters. The maximum Gasteiger partial charge on any atom is 0.341 e. The summed E-state index contributed by atoms with van der Waals surface area (Å²) in [6.07, 6.45) is 0.756. The molecule has 4 heterocycles. The van der Waals surface area contributed by atoms with E-state index in [1.54, 1.807) is 6.92 Å². The van der Waals surface area contributed by atoms with Crippen molar-refractivity contribution < 1.29 is 14.3 Å². The first-order valence-corrected chi connectivity index (χ1v) is 13.3. The summed E-state index contributed by atoms with van der Waals surface area (Å²) in [7, 11) is 2.05. The minimum absolute atomic E-state index is 0.101. The van der Waals surface area contributed by atoms with Crippen LogP contribution in [-0.2, 0) is 29.0 Å². The van der Waals surface area contributed by atoms with Crippen molar-refractivity contribution in [1.29, 1.82) is 0 Å². The van der Waals surface area contributed by atoms with Gasteiger partial charge in [-0.05, 0) is 38.9 Å². The van der Waals surface area contributed by atoms with Crippen molar-refractivity contribution in [3.63, 3.8) is 0 Å². The molecule has 1 aliphatic rings. The van der Waals surface area contributed by atoms with E-state index < -0.39 is 0 Å². The highest BCUT2D eigenvalue weighted by Gasteiger charge is 2.28. The molecule has 1 N–H and O–H groups in total. The van der Waals surface area contributed by atoms with E-state index in [2.05, 4.69) is 36.9 Å². The average molecular weight is 511 g/mol. The van der Waals surface area contributed by atoms with Crippen LogP contribution < -0.4 is 5.32 Å². The summed E-state index contributed by atoms with van der Waals surface area (Å²) in [6, 6.07) is 8.02. The number of hydrogen-bond donors (Lipinski definition) is 1. The van der Waals surface area contributed by atoms with Gasteiger partial charge in [-0.3, -0.25) is 4.79 Å². The van der Waals surface area contributed by atoms with Gasteiger partial charge in [-0.1, -0.05) is 30.0 Å². The number of rotatable bonds is 7. The van der Waals surface area contributed by atoms with Gasteiger partial charge in [0, 0.05) is 29.9 Å². The van der Waals surface area contributed by atoms with Gasteiger partial charge in [0.25, 0.3) is 0 Å². The highest BCUT2D eigenvalue weighted by atomic mass is 32.2. The van der Waals surface area contributed by atoms with Crippen molar-refractivity contribution in [3.05, 3.63) is 40.3 Å². The van der Waals surface area contributed by atoms with Crippen LogP contribution in [0.4, 0.5) is 5.00 Å². The van der Waals surface area contributed by atoms with Gasteiger partial charge in [-0.15, -0.1) is 21.5 Å². The number of likely N-dealkylation sites (N-methyl/N-ethyl adjacent to an activating group) is 1. The minimum atomic E-state index is -0.386. The fourth-order valence-corrected chi connectivity index (χ4v) is 6.32. The molecule has 3 aromatic heterocycles. The standard InChI is InChI=1S/C24H26N6O3S2/c1-4-30-16-9-7-6-8-14(16)20-21(30)26-24(28-27-20)34-13-18(31)25-22-19(23(32)33-5-2)15-10-11-29(3)12-17(15)35-22/h6-9H,4-5,10-13H2,1-3H3,(H,25,31). The Morgan fingerprint density at radius 1 is 1.23 bits per heavy atom. The van der Waals surface area contributed by atoms with E-state index in [9.17, 15) is 9.59 Å². The van der Waals surface area contributed by atoms with Crippen LogP contribution >= 0.6 is 23.1 Å². The summed E-state index contributed by atoms with van der Waals surface area (Å²) in [5.41, 5.74) is 4.05. The molecule has 0 fully saturated rings. The number of carbonyl (C=O) groups is 2. The van der Waals surface area contributed by atoms with Gasteiger partial charge < -0.3 is 19.5 Å². The van der Waals surface area contributed by atoms with Crippen molar-refractivity contribution in [2.75, 3.05) is 31.3 Å². The Morgan fingerprint density at radius 3 is 2.86 bits per heavy atom. The van der Waals surface area contributed by atoms with E-state index in [0.717, 1.165) is 58.6 Å². The molecular formula is C24H26N6O3S2. The van der Waals surface area contributed by atoms with Crippen LogP contribution in [0.15, 0.2) is 29.4 Å². The maximum absolute atomic E-state index is 12.9. The molecule has 0 aliphatic carbocycles. The smallest absolute Gasteiger partial charge is 0.341 e. The summed E-state index contributed by atoms with van der Waals surface area (Å²) < 4.78 is 7.38. The topological polar surface area (TPSA) is 102 Å². The molecule has 0 radical (unpaired) electrons. The molecule has 9 nitrogen and oxygen atoms in total. The van der Waals surface area contributed by atoms with Crippen molar-refractivity contribution in [2.45, 2.75) is 38.5 Å². The highest BCUT2D eigenvalue weighted by molar-refractivity contribution is 7.99. The molecule has 5 rings (SSSR count). The van der Waals surface area contributed by atoms with Crippen LogP contribution in [0.5, 0.6) is 0 Å². The van der Waals surface area contributed by atoms with Crippen LogP contribution in [0.2, 0.25) is 0 Å². The van der Waals surface area contributed by atoms with Gasteiger partial charge in [0.05, 0.1) is 23.4 Å². The number of nitrogens with one attached hydrogen (secondary N) is 1. The average Bonchev–Trinajstić information content (AvgIpc) is 3.36. The molecule has 11 heteroatoms. The number of anilines is 1. The molecule has 0 bridgehead atoms. The Balaban J connectivity index is 1.35. The Labute approximate surface area is 210 Å². The lowest BCUT2D eigenvalue weighted by atomic mass is 10.0. The van der Waals surface area contributed by atoms with Crippen LogP contribution in [-0.4, -0.2) is 62.5 Å². The number of hydrogen-bond acceptors (Lipinski definition) is 9. The van der Waals surface area contributed by atoms with E-state index >= 15 is 0 Å². The Kier molecular flexibility index (Phi) is 6.72. The molecule has 0 saturated heterocycles. The number of thiophene rings is 1. The predicted octanol–water partition coefficient (Wildman–Crippen LogP) is 3.96. The number of thioether (sulfide) groups is 1. The first-order chi connectivity index (χ1) is 17.0. The van der Waals surface area contributed by atoms with E-state index in [0.29, 0.717) is 15.7 Å². The molecule has 0 saturated carbocycles. The van der Waals surface area contributed by atoms with Gasteiger partial charge in [-0.25, -0.2) is 9.78 Å². The molecule has 1 aromatic carbocycles. The van der Waals surface area contributed by atoms with Crippen molar-refractivity contribution >= 4 is 62.0 Å². The van der Waals surface area contributed by atoms with Crippen LogP contribution in [0.25, 0.3) is 22.1 Å². The quantitative estimate of drug-likeness (QED) is 0.295.